The smallest absolute Gasteiger partial charge is 0.327 e. The predicted molar refractivity (Wildman–Crippen MR) is 73.0 cm³/mol. The monoisotopic (exact) mass is 280 g/mol. The summed E-state index contributed by atoms with van der Waals surface area (Å²) in [6.07, 6.45) is 4.79. The van der Waals surface area contributed by atoms with Crippen LogP contribution in [0.1, 0.15) is 30.1 Å². The number of carboxylic acids is 1. The molecule has 102 valence electrons. The van der Waals surface area contributed by atoms with Gasteiger partial charge in [0, 0.05) is 18.1 Å². The van der Waals surface area contributed by atoms with E-state index in [0.29, 0.717) is 11.3 Å². The first kappa shape index (κ1) is 13.9. The van der Waals surface area contributed by atoms with Gasteiger partial charge in [0.1, 0.15) is 6.04 Å². The summed E-state index contributed by atoms with van der Waals surface area (Å²) in [5.41, 5.74) is 0.442. The number of aromatic nitrogens is 1. The van der Waals surface area contributed by atoms with Gasteiger partial charge >= 0.3 is 5.97 Å². The number of hydrogen-bond acceptors (Lipinski definition) is 4. The van der Waals surface area contributed by atoms with Gasteiger partial charge in [-0.1, -0.05) is 13.3 Å². The van der Waals surface area contributed by atoms with Gasteiger partial charge in [-0.05, 0) is 18.6 Å². The number of carboxylic acid groups (broad SMARTS) is 1. The number of carbonyl (C=O) groups is 2. The molecule has 1 N–H and O–H groups in total. The third kappa shape index (κ3) is 2.89. The van der Waals surface area contributed by atoms with Crippen molar-refractivity contribution in [2.45, 2.75) is 31.2 Å². The third-order valence-electron chi connectivity index (χ3n) is 3.06. The van der Waals surface area contributed by atoms with E-state index in [1.807, 2.05) is 6.92 Å². The summed E-state index contributed by atoms with van der Waals surface area (Å²) in [6, 6.07) is 2.61. The third-order valence-corrected chi connectivity index (χ3v) is 4.41. The maximum atomic E-state index is 12.5. The van der Waals surface area contributed by atoms with Gasteiger partial charge in [-0.25, -0.2) is 4.79 Å². The molecule has 1 fully saturated rings. The Balaban J connectivity index is 2.26. The van der Waals surface area contributed by atoms with Crippen molar-refractivity contribution in [2.75, 3.05) is 5.75 Å². The zero-order chi connectivity index (χ0) is 13.8. The maximum absolute atomic E-state index is 12.5. The van der Waals surface area contributed by atoms with Gasteiger partial charge in [0.2, 0.25) is 0 Å². The number of pyridine rings is 1. The summed E-state index contributed by atoms with van der Waals surface area (Å²) in [6.45, 7) is 2.03. The minimum atomic E-state index is -0.941. The van der Waals surface area contributed by atoms with Crippen LogP contribution in [0, 0.1) is 0 Å². The first-order chi connectivity index (χ1) is 9.15. The standard InChI is InChI=1S/C13H16N2O3S/c1-2-4-11-15(10(8-19-11)13(17)18)12(16)9-5-3-6-14-7-9/h3,5-7,10-11H,2,4,8H2,1H3,(H,17,18). The molecule has 1 aliphatic heterocycles. The van der Waals surface area contributed by atoms with Crippen molar-refractivity contribution in [2.24, 2.45) is 0 Å². The maximum Gasteiger partial charge on any atom is 0.327 e. The highest BCUT2D eigenvalue weighted by Crippen LogP contribution is 2.33. The lowest BCUT2D eigenvalue weighted by Crippen LogP contribution is -2.45. The lowest BCUT2D eigenvalue weighted by atomic mass is 10.2. The van der Waals surface area contributed by atoms with E-state index in [0.717, 1.165) is 12.8 Å². The molecule has 5 nitrogen and oxygen atoms in total. The van der Waals surface area contributed by atoms with Crippen LogP contribution in [0.25, 0.3) is 0 Å². The largest absolute Gasteiger partial charge is 0.480 e. The lowest BCUT2D eigenvalue weighted by molar-refractivity contribution is -0.141. The van der Waals surface area contributed by atoms with Gasteiger partial charge in [-0.15, -0.1) is 11.8 Å². The van der Waals surface area contributed by atoms with Crippen molar-refractivity contribution in [3.8, 4) is 0 Å². The van der Waals surface area contributed by atoms with Crippen molar-refractivity contribution in [1.82, 2.24) is 9.88 Å². The quantitative estimate of drug-likeness (QED) is 0.911. The normalized spacial score (nSPS) is 22.5. The average Bonchev–Trinajstić information content (AvgIpc) is 2.83. The minimum Gasteiger partial charge on any atom is -0.480 e. The van der Waals surface area contributed by atoms with E-state index in [1.165, 1.54) is 22.9 Å². The molecule has 1 amide bonds. The van der Waals surface area contributed by atoms with Crippen LogP contribution in [0.3, 0.4) is 0 Å². The van der Waals surface area contributed by atoms with E-state index >= 15 is 0 Å². The molecule has 1 aromatic rings. The van der Waals surface area contributed by atoms with Crippen LogP contribution in [-0.2, 0) is 4.79 Å². The molecule has 0 aromatic carbocycles. The molecule has 0 aliphatic carbocycles. The molecule has 1 aromatic heterocycles. The predicted octanol–water partition coefficient (Wildman–Crippen LogP) is 1.85. The Morgan fingerprint density at radius 1 is 1.58 bits per heavy atom. The number of aliphatic carboxylic acids is 1. The first-order valence-corrected chi connectivity index (χ1v) is 7.27. The molecule has 0 saturated carbocycles. The zero-order valence-corrected chi connectivity index (χ0v) is 11.5. The second-order valence-corrected chi connectivity index (χ2v) is 5.60. The molecule has 2 heterocycles. The van der Waals surface area contributed by atoms with Crippen molar-refractivity contribution in [3.63, 3.8) is 0 Å². The fourth-order valence-electron chi connectivity index (χ4n) is 2.13. The van der Waals surface area contributed by atoms with Crippen molar-refractivity contribution < 1.29 is 14.7 Å². The lowest BCUT2D eigenvalue weighted by Gasteiger charge is -2.27. The Morgan fingerprint density at radius 2 is 2.37 bits per heavy atom. The van der Waals surface area contributed by atoms with Crippen molar-refractivity contribution in [3.05, 3.63) is 30.1 Å². The Morgan fingerprint density at radius 3 is 2.95 bits per heavy atom. The van der Waals surface area contributed by atoms with E-state index < -0.39 is 12.0 Å². The molecule has 0 spiro atoms. The average molecular weight is 280 g/mol. The summed E-state index contributed by atoms with van der Waals surface area (Å²) < 4.78 is 0. The summed E-state index contributed by atoms with van der Waals surface area (Å²) >= 11 is 1.54. The van der Waals surface area contributed by atoms with Gasteiger partial charge < -0.3 is 10.0 Å². The van der Waals surface area contributed by atoms with Crippen LogP contribution in [0.15, 0.2) is 24.5 Å². The molecule has 2 unspecified atom stereocenters. The number of rotatable bonds is 4. The van der Waals surface area contributed by atoms with Crippen molar-refractivity contribution >= 4 is 23.6 Å². The molecule has 2 atom stereocenters. The van der Waals surface area contributed by atoms with Gasteiger partial charge in [-0.3, -0.25) is 9.78 Å². The molecule has 0 bridgehead atoms. The summed E-state index contributed by atoms with van der Waals surface area (Å²) in [5.74, 6) is -0.737. The van der Waals surface area contributed by atoms with Crippen LogP contribution in [0.2, 0.25) is 0 Å². The zero-order valence-electron chi connectivity index (χ0n) is 10.7. The summed E-state index contributed by atoms with van der Waals surface area (Å²) in [4.78, 5) is 29.1. The number of hydrogen-bond donors (Lipinski definition) is 1. The Hall–Kier alpha value is -1.56. The van der Waals surface area contributed by atoms with Crippen LogP contribution in [0.5, 0.6) is 0 Å². The second kappa shape index (κ2) is 6.06. The van der Waals surface area contributed by atoms with Crippen LogP contribution in [0.4, 0.5) is 0 Å². The van der Waals surface area contributed by atoms with Gasteiger partial charge in [0.05, 0.1) is 10.9 Å². The SMILES string of the molecule is CCCC1SCC(C(=O)O)N1C(=O)c1cccnc1. The van der Waals surface area contributed by atoms with E-state index in [9.17, 15) is 14.7 Å². The van der Waals surface area contributed by atoms with E-state index in [1.54, 1.807) is 18.3 Å². The number of carbonyl (C=O) groups excluding carboxylic acids is 1. The Kier molecular flexibility index (Phi) is 4.42. The van der Waals surface area contributed by atoms with Crippen LogP contribution >= 0.6 is 11.8 Å². The number of amides is 1. The Labute approximate surface area is 116 Å². The highest BCUT2D eigenvalue weighted by Gasteiger charge is 2.41. The van der Waals surface area contributed by atoms with Crippen LogP contribution in [-0.4, -0.2) is 44.0 Å². The van der Waals surface area contributed by atoms with E-state index in [2.05, 4.69) is 4.98 Å². The molecule has 0 radical (unpaired) electrons. The second-order valence-electron chi connectivity index (χ2n) is 4.38. The van der Waals surface area contributed by atoms with Crippen LogP contribution < -0.4 is 0 Å². The van der Waals surface area contributed by atoms with Gasteiger partial charge in [-0.2, -0.15) is 0 Å². The van der Waals surface area contributed by atoms with Gasteiger partial charge in [0.15, 0.2) is 0 Å². The molecule has 19 heavy (non-hydrogen) atoms. The molecular weight excluding hydrogens is 264 g/mol. The molecule has 2 rings (SSSR count). The molecule has 6 heteroatoms. The minimum absolute atomic E-state index is 0.0567. The van der Waals surface area contributed by atoms with E-state index in [-0.39, 0.29) is 11.3 Å². The highest BCUT2D eigenvalue weighted by atomic mass is 32.2. The molecular formula is C13H16N2O3S. The van der Waals surface area contributed by atoms with E-state index in [4.69, 9.17) is 0 Å². The first-order valence-electron chi connectivity index (χ1n) is 6.22. The highest BCUT2D eigenvalue weighted by molar-refractivity contribution is 8.00. The topological polar surface area (TPSA) is 70.5 Å². The number of thioether (sulfide) groups is 1. The molecule has 1 aliphatic rings. The fourth-order valence-corrected chi connectivity index (χ4v) is 3.65. The van der Waals surface area contributed by atoms with Crippen molar-refractivity contribution in [1.29, 1.82) is 0 Å². The Bertz CT molecular complexity index is 466. The summed E-state index contributed by atoms with van der Waals surface area (Å²) in [7, 11) is 0. The molecule has 1 saturated heterocycles. The number of nitrogens with zero attached hydrogens (tertiary/aromatic N) is 2. The fraction of sp³-hybridized carbons (Fsp3) is 0.462. The summed E-state index contributed by atoms with van der Waals surface area (Å²) in [5, 5.41) is 9.19. The van der Waals surface area contributed by atoms with Gasteiger partial charge in [0.25, 0.3) is 5.91 Å².